The van der Waals surface area contributed by atoms with E-state index in [1.807, 2.05) is 0 Å². The monoisotopic (exact) mass is 401 g/mol. The van der Waals surface area contributed by atoms with Crippen LogP contribution in [-0.4, -0.2) is 31.4 Å². The molecule has 1 aliphatic rings. The van der Waals surface area contributed by atoms with Crippen LogP contribution in [-0.2, 0) is 14.4 Å². The van der Waals surface area contributed by atoms with E-state index >= 15 is 0 Å². The van der Waals surface area contributed by atoms with Gasteiger partial charge in [-0.3, -0.25) is 14.4 Å². The van der Waals surface area contributed by atoms with Gasteiger partial charge in [-0.2, -0.15) is 0 Å². The first-order valence-electron chi connectivity index (χ1n) is 8.70. The van der Waals surface area contributed by atoms with Gasteiger partial charge in [-0.15, -0.1) is 0 Å². The lowest BCUT2D eigenvalue weighted by molar-refractivity contribution is -0.122. The molecule has 0 spiro atoms. The Morgan fingerprint density at radius 2 is 1.89 bits per heavy atom. The first-order valence-corrected chi connectivity index (χ1v) is 9.07. The molecule has 28 heavy (non-hydrogen) atoms. The number of carbonyl (C=O) groups is 3. The Morgan fingerprint density at radius 1 is 1.14 bits per heavy atom. The Morgan fingerprint density at radius 3 is 2.57 bits per heavy atom. The van der Waals surface area contributed by atoms with Gasteiger partial charge < -0.3 is 20.3 Å². The topological polar surface area (TPSA) is 87.7 Å². The lowest BCUT2D eigenvalue weighted by Gasteiger charge is -2.18. The molecule has 0 saturated carbocycles. The quantitative estimate of drug-likeness (QED) is 0.804. The maximum absolute atomic E-state index is 12.6. The van der Waals surface area contributed by atoms with E-state index in [1.165, 1.54) is 14.0 Å². The van der Waals surface area contributed by atoms with Crippen LogP contribution in [0.5, 0.6) is 5.75 Å². The molecule has 1 saturated heterocycles. The number of anilines is 3. The van der Waals surface area contributed by atoms with Crippen LogP contribution in [0, 0.1) is 5.92 Å². The van der Waals surface area contributed by atoms with Gasteiger partial charge in [0.2, 0.25) is 17.7 Å². The fourth-order valence-electron chi connectivity index (χ4n) is 3.08. The maximum atomic E-state index is 12.6. The van der Waals surface area contributed by atoms with Gasteiger partial charge in [-0.05, 0) is 36.4 Å². The lowest BCUT2D eigenvalue weighted by atomic mass is 10.1. The molecule has 2 N–H and O–H groups in total. The summed E-state index contributed by atoms with van der Waals surface area (Å²) in [6.45, 7) is 1.68. The smallest absolute Gasteiger partial charge is 0.229 e. The fraction of sp³-hybridized carbons (Fsp3) is 0.250. The number of nitrogens with one attached hydrogen (secondary N) is 2. The summed E-state index contributed by atoms with van der Waals surface area (Å²) in [5.41, 5.74) is 1.77. The minimum Gasteiger partial charge on any atom is -0.495 e. The average Bonchev–Trinajstić information content (AvgIpc) is 3.03. The SMILES string of the molecule is COc1ccc(NC(=O)C2CC(=O)N(c3cccc(NC(C)=O)c3)C2)cc1Cl. The van der Waals surface area contributed by atoms with Crippen molar-refractivity contribution in [1.82, 2.24) is 0 Å². The summed E-state index contributed by atoms with van der Waals surface area (Å²) in [6, 6.07) is 11.9. The van der Waals surface area contributed by atoms with E-state index in [-0.39, 0.29) is 30.7 Å². The zero-order chi connectivity index (χ0) is 20.3. The summed E-state index contributed by atoms with van der Waals surface area (Å²) < 4.78 is 5.09. The second-order valence-corrected chi connectivity index (χ2v) is 6.88. The Labute approximate surface area is 167 Å². The van der Waals surface area contributed by atoms with Crippen molar-refractivity contribution in [1.29, 1.82) is 0 Å². The molecule has 0 bridgehead atoms. The molecular weight excluding hydrogens is 382 g/mol. The number of methoxy groups -OCH3 is 1. The third-order valence-electron chi connectivity index (χ3n) is 4.39. The van der Waals surface area contributed by atoms with Gasteiger partial charge in [0.05, 0.1) is 18.1 Å². The van der Waals surface area contributed by atoms with E-state index in [4.69, 9.17) is 16.3 Å². The number of rotatable bonds is 5. The van der Waals surface area contributed by atoms with Crippen molar-refractivity contribution in [2.24, 2.45) is 5.92 Å². The molecule has 8 heteroatoms. The molecule has 3 rings (SSSR count). The normalized spacial score (nSPS) is 16.0. The van der Waals surface area contributed by atoms with Crippen LogP contribution in [0.1, 0.15) is 13.3 Å². The molecule has 1 heterocycles. The lowest BCUT2D eigenvalue weighted by Crippen LogP contribution is -2.28. The summed E-state index contributed by atoms with van der Waals surface area (Å²) in [5.74, 6) is -0.568. The molecule has 1 atom stereocenters. The van der Waals surface area contributed by atoms with Gasteiger partial charge in [-0.1, -0.05) is 17.7 Å². The van der Waals surface area contributed by atoms with Crippen LogP contribution < -0.4 is 20.3 Å². The highest BCUT2D eigenvalue weighted by Crippen LogP contribution is 2.30. The predicted octanol–water partition coefficient (Wildman–Crippen LogP) is 3.30. The van der Waals surface area contributed by atoms with Gasteiger partial charge in [-0.25, -0.2) is 0 Å². The predicted molar refractivity (Wildman–Crippen MR) is 108 cm³/mol. The van der Waals surface area contributed by atoms with Crippen molar-refractivity contribution in [3.05, 3.63) is 47.5 Å². The molecule has 1 fully saturated rings. The molecule has 0 aromatic heterocycles. The zero-order valence-corrected chi connectivity index (χ0v) is 16.2. The summed E-state index contributed by atoms with van der Waals surface area (Å²) in [4.78, 5) is 37.8. The second-order valence-electron chi connectivity index (χ2n) is 6.48. The van der Waals surface area contributed by atoms with E-state index < -0.39 is 5.92 Å². The highest BCUT2D eigenvalue weighted by molar-refractivity contribution is 6.32. The van der Waals surface area contributed by atoms with Crippen molar-refractivity contribution in [3.8, 4) is 5.75 Å². The Balaban J connectivity index is 1.69. The van der Waals surface area contributed by atoms with Crippen LogP contribution in [0.15, 0.2) is 42.5 Å². The van der Waals surface area contributed by atoms with E-state index in [9.17, 15) is 14.4 Å². The van der Waals surface area contributed by atoms with Crippen molar-refractivity contribution < 1.29 is 19.1 Å². The largest absolute Gasteiger partial charge is 0.495 e. The van der Waals surface area contributed by atoms with Crippen LogP contribution in [0.25, 0.3) is 0 Å². The summed E-state index contributed by atoms with van der Waals surface area (Å²) in [6.07, 6.45) is 0.111. The molecule has 7 nitrogen and oxygen atoms in total. The number of hydrogen-bond acceptors (Lipinski definition) is 4. The number of amides is 3. The third-order valence-corrected chi connectivity index (χ3v) is 4.69. The van der Waals surface area contributed by atoms with Crippen molar-refractivity contribution in [2.45, 2.75) is 13.3 Å². The first-order chi connectivity index (χ1) is 13.4. The maximum Gasteiger partial charge on any atom is 0.229 e. The Hall–Kier alpha value is -3.06. The van der Waals surface area contributed by atoms with Gasteiger partial charge in [0.15, 0.2) is 0 Å². The van der Waals surface area contributed by atoms with E-state index in [0.717, 1.165) is 0 Å². The van der Waals surface area contributed by atoms with Crippen molar-refractivity contribution in [2.75, 3.05) is 29.2 Å². The van der Waals surface area contributed by atoms with Gasteiger partial charge in [0.25, 0.3) is 0 Å². The Kier molecular flexibility index (Phi) is 5.84. The number of carbonyl (C=O) groups excluding carboxylic acids is 3. The van der Waals surface area contributed by atoms with E-state index in [1.54, 1.807) is 47.4 Å². The molecule has 1 aliphatic heterocycles. The third kappa shape index (κ3) is 4.43. The van der Waals surface area contributed by atoms with Gasteiger partial charge in [0, 0.05) is 37.0 Å². The molecule has 146 valence electrons. The van der Waals surface area contributed by atoms with E-state index in [2.05, 4.69) is 10.6 Å². The molecule has 1 unspecified atom stereocenters. The van der Waals surface area contributed by atoms with Gasteiger partial charge in [0.1, 0.15) is 5.75 Å². The van der Waals surface area contributed by atoms with Gasteiger partial charge >= 0.3 is 0 Å². The fourth-order valence-corrected chi connectivity index (χ4v) is 3.33. The van der Waals surface area contributed by atoms with Crippen LogP contribution in [0.4, 0.5) is 17.1 Å². The number of hydrogen-bond donors (Lipinski definition) is 2. The standard InChI is InChI=1S/C20H20ClN3O4/c1-12(25)22-14-4-3-5-16(9-14)24-11-13(8-19(24)26)20(27)23-15-6-7-18(28-2)17(21)10-15/h3-7,9-10,13H,8,11H2,1-2H3,(H,22,25)(H,23,27). The number of ether oxygens (including phenoxy) is 1. The Bertz CT molecular complexity index is 931. The average molecular weight is 402 g/mol. The number of halogens is 1. The summed E-state index contributed by atoms with van der Waals surface area (Å²) >= 11 is 6.08. The van der Waals surface area contributed by atoms with Crippen LogP contribution in [0.3, 0.4) is 0 Å². The van der Waals surface area contributed by atoms with Crippen molar-refractivity contribution >= 4 is 46.4 Å². The van der Waals surface area contributed by atoms with Crippen LogP contribution >= 0.6 is 11.6 Å². The summed E-state index contributed by atoms with van der Waals surface area (Å²) in [5, 5.41) is 5.87. The van der Waals surface area contributed by atoms with Crippen molar-refractivity contribution in [3.63, 3.8) is 0 Å². The first kappa shape index (κ1) is 19.7. The number of nitrogens with zero attached hydrogens (tertiary/aromatic N) is 1. The molecular formula is C20H20ClN3O4. The second kappa shape index (κ2) is 8.31. The highest BCUT2D eigenvalue weighted by Gasteiger charge is 2.35. The molecule has 0 aliphatic carbocycles. The molecule has 3 amide bonds. The summed E-state index contributed by atoms with van der Waals surface area (Å²) in [7, 11) is 1.51. The highest BCUT2D eigenvalue weighted by atomic mass is 35.5. The molecule has 2 aromatic carbocycles. The van der Waals surface area contributed by atoms with E-state index in [0.29, 0.717) is 27.8 Å². The molecule has 2 aromatic rings. The zero-order valence-electron chi connectivity index (χ0n) is 15.5. The minimum atomic E-state index is -0.488. The molecule has 0 radical (unpaired) electrons. The van der Waals surface area contributed by atoms with Crippen LogP contribution in [0.2, 0.25) is 5.02 Å². The number of benzene rings is 2. The minimum absolute atomic E-state index is 0.111.